The number of pyridine rings is 1. The Morgan fingerprint density at radius 1 is 0.941 bits per heavy atom. The van der Waals surface area contributed by atoms with Crippen LogP contribution < -0.4 is 0 Å². The van der Waals surface area contributed by atoms with Crippen molar-refractivity contribution >= 4 is 0 Å². The van der Waals surface area contributed by atoms with Crippen LogP contribution in [0.2, 0.25) is 0 Å². The Morgan fingerprint density at radius 2 is 1.76 bits per heavy atom. The second kappa shape index (κ2) is 5.81. The van der Waals surface area contributed by atoms with Crippen LogP contribution in [0.25, 0.3) is 0 Å². The lowest BCUT2D eigenvalue weighted by Gasteiger charge is -2.02. The molecule has 0 fully saturated rings. The van der Waals surface area contributed by atoms with Gasteiger partial charge in [0, 0.05) is 11.9 Å². The van der Waals surface area contributed by atoms with E-state index in [2.05, 4.69) is 35.3 Å². The van der Waals surface area contributed by atoms with Crippen molar-refractivity contribution in [3.63, 3.8) is 0 Å². The summed E-state index contributed by atoms with van der Waals surface area (Å²) in [6.07, 6.45) is 4.18. The van der Waals surface area contributed by atoms with Crippen molar-refractivity contribution in [3.05, 3.63) is 65.5 Å². The highest BCUT2D eigenvalue weighted by atomic mass is 14.7. The number of aromatic nitrogens is 1. The molecule has 2 rings (SSSR count). The predicted octanol–water partition coefficient (Wildman–Crippen LogP) is 2.93. The summed E-state index contributed by atoms with van der Waals surface area (Å²) in [7, 11) is 0. The van der Waals surface area contributed by atoms with E-state index < -0.39 is 0 Å². The van der Waals surface area contributed by atoms with Gasteiger partial charge in [-0.25, -0.2) is 0 Å². The third kappa shape index (κ3) is 3.42. The first-order valence-corrected chi connectivity index (χ1v) is 5.73. The van der Waals surface area contributed by atoms with E-state index in [1.165, 1.54) is 5.56 Å². The van der Waals surface area contributed by atoms with E-state index in [4.69, 9.17) is 5.26 Å². The van der Waals surface area contributed by atoms with Crippen LogP contribution in [0.5, 0.6) is 0 Å². The van der Waals surface area contributed by atoms with Crippen LogP contribution in [-0.2, 0) is 19.3 Å². The van der Waals surface area contributed by atoms with Crippen LogP contribution in [0.3, 0.4) is 0 Å². The second-order valence-corrected chi connectivity index (χ2v) is 3.98. The maximum absolute atomic E-state index is 8.56. The molecule has 0 aliphatic carbocycles. The number of hydrogen-bond donors (Lipinski definition) is 0. The molecule has 2 aromatic rings. The summed E-state index contributed by atoms with van der Waals surface area (Å²) >= 11 is 0. The molecule has 0 atom stereocenters. The van der Waals surface area contributed by atoms with Crippen LogP contribution in [-0.4, -0.2) is 4.98 Å². The smallest absolute Gasteiger partial charge is 0.0670 e. The lowest BCUT2D eigenvalue weighted by molar-refractivity contribution is 0.909. The Kier molecular flexibility index (Phi) is 3.88. The van der Waals surface area contributed by atoms with E-state index in [9.17, 15) is 0 Å². The van der Waals surface area contributed by atoms with Crippen LogP contribution in [0, 0.1) is 11.3 Å². The molecule has 0 saturated heterocycles. The highest BCUT2D eigenvalue weighted by molar-refractivity contribution is 5.19. The van der Waals surface area contributed by atoms with Gasteiger partial charge in [0.15, 0.2) is 0 Å². The summed E-state index contributed by atoms with van der Waals surface area (Å²) < 4.78 is 0. The standard InChI is InChI=1S/C15H14N2/c16-11-10-14-7-9-15(17-12-14)8-6-13-4-2-1-3-5-13/h1-5,7,9,12H,6,8,10H2. The molecule has 17 heavy (non-hydrogen) atoms. The molecule has 2 nitrogen and oxygen atoms in total. The molecule has 0 bridgehead atoms. The van der Waals surface area contributed by atoms with E-state index in [1.807, 2.05) is 18.2 Å². The SMILES string of the molecule is N#CCc1ccc(CCc2ccccc2)nc1. The molecule has 84 valence electrons. The molecule has 0 spiro atoms. The van der Waals surface area contributed by atoms with Crippen LogP contribution in [0.1, 0.15) is 16.8 Å². The van der Waals surface area contributed by atoms with Gasteiger partial charge in [0.2, 0.25) is 0 Å². The Labute approximate surface area is 102 Å². The summed E-state index contributed by atoms with van der Waals surface area (Å²) in [6.45, 7) is 0. The van der Waals surface area contributed by atoms with Gasteiger partial charge in [0.1, 0.15) is 0 Å². The average molecular weight is 222 g/mol. The van der Waals surface area contributed by atoms with Crippen molar-refractivity contribution in [2.45, 2.75) is 19.3 Å². The summed E-state index contributed by atoms with van der Waals surface area (Å²) in [5.74, 6) is 0. The zero-order valence-corrected chi connectivity index (χ0v) is 9.63. The minimum Gasteiger partial charge on any atom is -0.261 e. The van der Waals surface area contributed by atoms with Gasteiger partial charge in [-0.15, -0.1) is 0 Å². The lowest BCUT2D eigenvalue weighted by atomic mass is 10.1. The number of aryl methyl sites for hydroxylation is 2. The number of rotatable bonds is 4. The Bertz CT molecular complexity index is 495. The van der Waals surface area contributed by atoms with E-state index in [1.54, 1.807) is 6.20 Å². The molecule has 0 aliphatic rings. The maximum atomic E-state index is 8.56. The number of benzene rings is 1. The summed E-state index contributed by atoms with van der Waals surface area (Å²) in [5.41, 5.74) is 3.39. The predicted molar refractivity (Wildman–Crippen MR) is 67.4 cm³/mol. The minimum absolute atomic E-state index is 0.436. The lowest BCUT2D eigenvalue weighted by Crippen LogP contribution is -1.95. The second-order valence-electron chi connectivity index (χ2n) is 3.98. The summed E-state index contributed by atoms with van der Waals surface area (Å²) in [6, 6.07) is 16.5. The first-order chi connectivity index (χ1) is 8.38. The minimum atomic E-state index is 0.436. The summed E-state index contributed by atoms with van der Waals surface area (Å²) in [4.78, 5) is 4.36. The van der Waals surface area contributed by atoms with Gasteiger partial charge in [-0.3, -0.25) is 4.98 Å². The van der Waals surface area contributed by atoms with Crippen molar-refractivity contribution in [2.24, 2.45) is 0 Å². The zero-order valence-electron chi connectivity index (χ0n) is 9.63. The fraction of sp³-hybridized carbons (Fsp3) is 0.200. The van der Waals surface area contributed by atoms with Crippen molar-refractivity contribution in [1.82, 2.24) is 4.98 Å². The van der Waals surface area contributed by atoms with Gasteiger partial charge in [0.05, 0.1) is 12.5 Å². The molecule has 2 heteroatoms. The first kappa shape index (κ1) is 11.3. The largest absolute Gasteiger partial charge is 0.261 e. The fourth-order valence-corrected chi connectivity index (χ4v) is 1.72. The van der Waals surface area contributed by atoms with Gasteiger partial charge in [-0.2, -0.15) is 5.26 Å². The zero-order chi connectivity index (χ0) is 11.9. The fourth-order valence-electron chi connectivity index (χ4n) is 1.72. The van der Waals surface area contributed by atoms with Crippen LogP contribution in [0.4, 0.5) is 0 Å². The third-order valence-corrected chi connectivity index (χ3v) is 2.68. The van der Waals surface area contributed by atoms with Crippen LogP contribution >= 0.6 is 0 Å². The normalized spacial score (nSPS) is 9.82. The van der Waals surface area contributed by atoms with Gasteiger partial charge < -0.3 is 0 Å². The molecule has 1 aromatic carbocycles. The molecular weight excluding hydrogens is 208 g/mol. The van der Waals surface area contributed by atoms with E-state index in [0.29, 0.717) is 6.42 Å². The quantitative estimate of drug-likeness (QED) is 0.797. The van der Waals surface area contributed by atoms with E-state index in [0.717, 1.165) is 24.1 Å². The van der Waals surface area contributed by atoms with E-state index >= 15 is 0 Å². The highest BCUT2D eigenvalue weighted by Gasteiger charge is 1.97. The molecule has 0 saturated carbocycles. The maximum Gasteiger partial charge on any atom is 0.0670 e. The molecular formula is C15H14N2. The molecule has 0 amide bonds. The highest BCUT2D eigenvalue weighted by Crippen LogP contribution is 2.06. The number of nitrogens with zero attached hydrogens (tertiary/aromatic N) is 2. The van der Waals surface area contributed by atoms with Gasteiger partial charge in [-0.1, -0.05) is 36.4 Å². The Morgan fingerprint density at radius 3 is 2.41 bits per heavy atom. The first-order valence-electron chi connectivity index (χ1n) is 5.73. The number of nitriles is 1. The van der Waals surface area contributed by atoms with Crippen molar-refractivity contribution in [1.29, 1.82) is 5.26 Å². The molecule has 0 radical (unpaired) electrons. The Hall–Kier alpha value is -2.14. The molecule has 0 N–H and O–H groups in total. The topological polar surface area (TPSA) is 36.7 Å². The van der Waals surface area contributed by atoms with E-state index in [-0.39, 0.29) is 0 Å². The van der Waals surface area contributed by atoms with Gasteiger partial charge >= 0.3 is 0 Å². The molecule has 1 aromatic heterocycles. The van der Waals surface area contributed by atoms with Crippen molar-refractivity contribution < 1.29 is 0 Å². The van der Waals surface area contributed by atoms with Gasteiger partial charge in [-0.05, 0) is 30.0 Å². The molecule has 1 heterocycles. The van der Waals surface area contributed by atoms with Crippen LogP contribution in [0.15, 0.2) is 48.7 Å². The van der Waals surface area contributed by atoms with Crippen molar-refractivity contribution in [2.75, 3.05) is 0 Å². The Balaban J connectivity index is 1.94. The average Bonchev–Trinajstić information content (AvgIpc) is 2.40. The third-order valence-electron chi connectivity index (χ3n) is 2.68. The van der Waals surface area contributed by atoms with Crippen molar-refractivity contribution in [3.8, 4) is 6.07 Å². The molecule has 0 aliphatic heterocycles. The summed E-state index contributed by atoms with van der Waals surface area (Å²) in [5, 5.41) is 8.56. The molecule has 0 unspecified atom stereocenters. The monoisotopic (exact) mass is 222 g/mol. The number of hydrogen-bond acceptors (Lipinski definition) is 2. The van der Waals surface area contributed by atoms with Gasteiger partial charge in [0.25, 0.3) is 0 Å².